The summed E-state index contributed by atoms with van der Waals surface area (Å²) < 4.78 is 28.5. The SMILES string of the molecule is Cl.Cn1cc(S(=O)(=O)NC(CN)C2CCCC2)cn1. The highest BCUT2D eigenvalue weighted by molar-refractivity contribution is 7.89. The maximum absolute atomic E-state index is 12.2. The first-order valence-corrected chi connectivity index (χ1v) is 7.72. The van der Waals surface area contributed by atoms with E-state index in [-0.39, 0.29) is 23.3 Å². The average molecular weight is 309 g/mol. The van der Waals surface area contributed by atoms with Crippen LogP contribution in [0.15, 0.2) is 17.3 Å². The molecule has 1 aromatic heterocycles. The minimum atomic E-state index is -3.50. The molecule has 1 saturated carbocycles. The van der Waals surface area contributed by atoms with Crippen molar-refractivity contribution in [2.45, 2.75) is 36.6 Å². The molecule has 1 aromatic rings. The van der Waals surface area contributed by atoms with Crippen LogP contribution in [0.25, 0.3) is 0 Å². The van der Waals surface area contributed by atoms with Gasteiger partial charge in [0.05, 0.1) is 6.20 Å². The quantitative estimate of drug-likeness (QED) is 0.835. The lowest BCUT2D eigenvalue weighted by Gasteiger charge is -2.22. The average Bonchev–Trinajstić information content (AvgIpc) is 2.96. The molecule has 8 heteroatoms. The summed E-state index contributed by atoms with van der Waals surface area (Å²) in [7, 11) is -1.81. The van der Waals surface area contributed by atoms with Gasteiger partial charge in [0.15, 0.2) is 0 Å². The van der Waals surface area contributed by atoms with E-state index in [2.05, 4.69) is 9.82 Å². The van der Waals surface area contributed by atoms with Crippen LogP contribution in [0, 0.1) is 5.92 Å². The molecule has 3 N–H and O–H groups in total. The number of nitrogens with one attached hydrogen (secondary N) is 1. The molecule has 0 radical (unpaired) electrons. The summed E-state index contributed by atoms with van der Waals surface area (Å²) in [5.41, 5.74) is 5.70. The van der Waals surface area contributed by atoms with E-state index < -0.39 is 10.0 Å². The molecular weight excluding hydrogens is 288 g/mol. The fourth-order valence-electron chi connectivity index (χ4n) is 2.50. The lowest BCUT2D eigenvalue weighted by Crippen LogP contribution is -2.44. The third kappa shape index (κ3) is 3.92. The van der Waals surface area contributed by atoms with Crippen molar-refractivity contribution in [2.24, 2.45) is 18.7 Å². The molecule has 0 bridgehead atoms. The number of aryl methyl sites for hydroxylation is 1. The van der Waals surface area contributed by atoms with Crippen LogP contribution in [0.2, 0.25) is 0 Å². The maximum atomic E-state index is 12.2. The second-order valence-corrected chi connectivity index (χ2v) is 6.57. The summed E-state index contributed by atoms with van der Waals surface area (Å²) in [6.07, 6.45) is 7.27. The van der Waals surface area contributed by atoms with Gasteiger partial charge in [-0.25, -0.2) is 13.1 Å². The summed E-state index contributed by atoms with van der Waals surface area (Å²) in [6, 6.07) is -0.169. The van der Waals surface area contributed by atoms with Crippen LogP contribution in [0.1, 0.15) is 25.7 Å². The second kappa shape index (κ2) is 6.69. The zero-order chi connectivity index (χ0) is 13.2. The fraction of sp³-hybridized carbons (Fsp3) is 0.727. The number of nitrogens with two attached hydrogens (primary N) is 1. The van der Waals surface area contributed by atoms with Crippen LogP contribution in [0.4, 0.5) is 0 Å². The van der Waals surface area contributed by atoms with Gasteiger partial charge in [0.25, 0.3) is 0 Å². The Labute approximate surface area is 120 Å². The third-order valence-corrected chi connectivity index (χ3v) is 4.97. The van der Waals surface area contributed by atoms with E-state index in [1.54, 1.807) is 7.05 Å². The number of halogens is 1. The molecule has 19 heavy (non-hydrogen) atoms. The van der Waals surface area contributed by atoms with Crippen LogP contribution in [0.3, 0.4) is 0 Å². The van der Waals surface area contributed by atoms with Gasteiger partial charge in [0.1, 0.15) is 4.90 Å². The number of hydrogen-bond acceptors (Lipinski definition) is 4. The first kappa shape index (κ1) is 16.4. The highest BCUT2D eigenvalue weighted by Gasteiger charge is 2.28. The van der Waals surface area contributed by atoms with Gasteiger partial charge < -0.3 is 5.73 Å². The molecule has 0 aromatic carbocycles. The molecule has 110 valence electrons. The van der Waals surface area contributed by atoms with Gasteiger partial charge in [-0.05, 0) is 18.8 Å². The highest BCUT2D eigenvalue weighted by atomic mass is 35.5. The summed E-state index contributed by atoms with van der Waals surface area (Å²) in [5, 5.41) is 3.88. The predicted molar refractivity (Wildman–Crippen MR) is 75.6 cm³/mol. The Hall–Kier alpha value is -0.630. The molecule has 1 heterocycles. The standard InChI is InChI=1S/C11H20N4O2S.ClH/c1-15-8-10(7-13-15)18(16,17)14-11(6-12)9-4-2-3-5-9;/h7-9,11,14H,2-6,12H2,1H3;1H. The number of rotatable bonds is 5. The highest BCUT2D eigenvalue weighted by Crippen LogP contribution is 2.28. The minimum absolute atomic E-state index is 0. The van der Waals surface area contributed by atoms with E-state index in [0.717, 1.165) is 25.7 Å². The van der Waals surface area contributed by atoms with E-state index in [1.807, 2.05) is 0 Å². The van der Waals surface area contributed by atoms with Crippen molar-refractivity contribution in [1.82, 2.24) is 14.5 Å². The molecule has 1 aliphatic carbocycles. The van der Waals surface area contributed by atoms with Crippen molar-refractivity contribution in [1.29, 1.82) is 0 Å². The van der Waals surface area contributed by atoms with Gasteiger partial charge in [-0.1, -0.05) is 12.8 Å². The zero-order valence-corrected chi connectivity index (χ0v) is 12.6. The van der Waals surface area contributed by atoms with Crippen molar-refractivity contribution in [3.05, 3.63) is 12.4 Å². The normalized spacial score (nSPS) is 18.2. The molecule has 0 amide bonds. The van der Waals surface area contributed by atoms with Crippen molar-refractivity contribution in [3.8, 4) is 0 Å². The van der Waals surface area contributed by atoms with Crippen LogP contribution in [0.5, 0.6) is 0 Å². The van der Waals surface area contributed by atoms with Gasteiger partial charge in [-0.2, -0.15) is 5.10 Å². The van der Waals surface area contributed by atoms with Gasteiger partial charge in [0, 0.05) is 25.8 Å². The van der Waals surface area contributed by atoms with Crippen molar-refractivity contribution >= 4 is 22.4 Å². The Kier molecular flexibility index (Phi) is 5.79. The Morgan fingerprint density at radius 2 is 2.16 bits per heavy atom. The monoisotopic (exact) mass is 308 g/mol. The topological polar surface area (TPSA) is 90.0 Å². The first-order valence-electron chi connectivity index (χ1n) is 6.24. The molecule has 0 aliphatic heterocycles. The predicted octanol–water partition coefficient (Wildman–Crippen LogP) is 0.638. The van der Waals surface area contributed by atoms with Crippen LogP contribution in [-0.2, 0) is 17.1 Å². The Morgan fingerprint density at radius 1 is 1.53 bits per heavy atom. The van der Waals surface area contributed by atoms with E-state index in [0.29, 0.717) is 12.5 Å². The molecule has 6 nitrogen and oxygen atoms in total. The van der Waals surface area contributed by atoms with Crippen LogP contribution >= 0.6 is 12.4 Å². The van der Waals surface area contributed by atoms with Crippen molar-refractivity contribution < 1.29 is 8.42 Å². The summed E-state index contributed by atoms with van der Waals surface area (Å²) in [6.45, 7) is 0.337. The van der Waals surface area contributed by atoms with Gasteiger partial charge in [-0.15, -0.1) is 12.4 Å². The van der Waals surface area contributed by atoms with E-state index in [1.165, 1.54) is 17.1 Å². The molecule has 1 fully saturated rings. The lowest BCUT2D eigenvalue weighted by atomic mass is 9.99. The Morgan fingerprint density at radius 3 is 2.63 bits per heavy atom. The van der Waals surface area contributed by atoms with E-state index in [4.69, 9.17) is 5.73 Å². The van der Waals surface area contributed by atoms with Gasteiger partial charge in [0.2, 0.25) is 10.0 Å². The van der Waals surface area contributed by atoms with Crippen LogP contribution in [-0.4, -0.2) is 30.8 Å². The molecular formula is C11H21ClN4O2S. The minimum Gasteiger partial charge on any atom is -0.329 e. The van der Waals surface area contributed by atoms with Gasteiger partial charge >= 0.3 is 0 Å². The fourth-order valence-corrected chi connectivity index (χ4v) is 3.80. The second-order valence-electron chi connectivity index (χ2n) is 4.86. The maximum Gasteiger partial charge on any atom is 0.243 e. The number of sulfonamides is 1. The van der Waals surface area contributed by atoms with Crippen LogP contribution < -0.4 is 10.5 Å². The van der Waals surface area contributed by atoms with Crippen molar-refractivity contribution in [3.63, 3.8) is 0 Å². The zero-order valence-electron chi connectivity index (χ0n) is 10.9. The number of aromatic nitrogens is 2. The molecule has 1 unspecified atom stereocenters. The van der Waals surface area contributed by atoms with Gasteiger partial charge in [-0.3, -0.25) is 4.68 Å². The van der Waals surface area contributed by atoms with E-state index >= 15 is 0 Å². The number of nitrogens with zero attached hydrogens (tertiary/aromatic N) is 2. The smallest absolute Gasteiger partial charge is 0.243 e. The summed E-state index contributed by atoms with van der Waals surface area (Å²) in [5.74, 6) is 0.362. The third-order valence-electron chi connectivity index (χ3n) is 3.52. The Bertz CT molecular complexity index is 497. The molecule has 2 rings (SSSR count). The van der Waals surface area contributed by atoms with Crippen molar-refractivity contribution in [2.75, 3.05) is 6.54 Å². The Balaban J connectivity index is 0.00000180. The van der Waals surface area contributed by atoms with E-state index in [9.17, 15) is 8.42 Å². The first-order chi connectivity index (χ1) is 8.53. The molecule has 1 atom stereocenters. The number of hydrogen-bond donors (Lipinski definition) is 2. The molecule has 0 spiro atoms. The summed E-state index contributed by atoms with van der Waals surface area (Å²) in [4.78, 5) is 0.196. The lowest BCUT2D eigenvalue weighted by molar-refractivity contribution is 0.405. The summed E-state index contributed by atoms with van der Waals surface area (Å²) >= 11 is 0. The largest absolute Gasteiger partial charge is 0.329 e. The molecule has 0 saturated heterocycles. The molecule has 1 aliphatic rings.